The molecule has 0 radical (unpaired) electrons. The van der Waals surface area contributed by atoms with Gasteiger partial charge in [0.1, 0.15) is 0 Å². The zero-order chi connectivity index (χ0) is 13.8. The van der Waals surface area contributed by atoms with Crippen LogP contribution in [0, 0.1) is 0 Å². The van der Waals surface area contributed by atoms with Crippen LogP contribution in [0.1, 0.15) is 32.6 Å². The van der Waals surface area contributed by atoms with Crippen LogP contribution < -0.4 is 5.32 Å². The first-order valence-electron chi connectivity index (χ1n) is 6.45. The van der Waals surface area contributed by atoms with Crippen LogP contribution in [-0.2, 0) is 0 Å². The van der Waals surface area contributed by atoms with Crippen LogP contribution >= 0.6 is 0 Å². The van der Waals surface area contributed by atoms with Crippen molar-refractivity contribution in [1.82, 2.24) is 10.2 Å². The van der Waals surface area contributed by atoms with Crippen molar-refractivity contribution < 1.29 is 18.3 Å². The van der Waals surface area contributed by atoms with Gasteiger partial charge in [0.15, 0.2) is 0 Å². The summed E-state index contributed by atoms with van der Waals surface area (Å²) in [5.41, 5.74) is -0.300. The SMILES string of the molecule is CCNC1(CO)CCC(N(C)CCC(F)(F)F)C1. The fourth-order valence-electron chi connectivity index (χ4n) is 2.70. The highest BCUT2D eigenvalue weighted by atomic mass is 19.4. The van der Waals surface area contributed by atoms with Crippen LogP contribution in [0.5, 0.6) is 0 Å². The molecule has 0 amide bonds. The molecule has 0 aromatic rings. The minimum Gasteiger partial charge on any atom is -0.394 e. The van der Waals surface area contributed by atoms with E-state index in [1.54, 1.807) is 11.9 Å². The Balaban J connectivity index is 2.45. The maximum absolute atomic E-state index is 12.2. The Bertz CT molecular complexity index is 260. The minimum absolute atomic E-state index is 0.0296. The average molecular weight is 268 g/mol. The van der Waals surface area contributed by atoms with E-state index in [0.717, 1.165) is 19.4 Å². The summed E-state index contributed by atoms with van der Waals surface area (Å²) in [5, 5.41) is 12.7. The minimum atomic E-state index is -4.09. The largest absolute Gasteiger partial charge is 0.394 e. The number of likely N-dealkylation sites (N-methyl/N-ethyl adjacent to an activating group) is 1. The third-order valence-corrected chi connectivity index (χ3v) is 3.81. The smallest absolute Gasteiger partial charge is 0.390 e. The molecule has 0 heterocycles. The van der Waals surface area contributed by atoms with Crippen molar-refractivity contribution in [3.05, 3.63) is 0 Å². The van der Waals surface area contributed by atoms with Crippen molar-refractivity contribution in [2.45, 2.75) is 50.4 Å². The van der Waals surface area contributed by atoms with Crippen molar-refractivity contribution in [2.24, 2.45) is 0 Å². The molecule has 1 aliphatic rings. The van der Waals surface area contributed by atoms with Gasteiger partial charge < -0.3 is 15.3 Å². The lowest BCUT2D eigenvalue weighted by Crippen LogP contribution is -2.47. The van der Waals surface area contributed by atoms with Gasteiger partial charge in [-0.1, -0.05) is 6.92 Å². The van der Waals surface area contributed by atoms with Crippen molar-refractivity contribution in [2.75, 3.05) is 26.7 Å². The van der Waals surface area contributed by atoms with Gasteiger partial charge in [-0.05, 0) is 32.9 Å². The van der Waals surface area contributed by atoms with Gasteiger partial charge in [-0.2, -0.15) is 13.2 Å². The predicted octanol–water partition coefficient (Wildman–Crippen LogP) is 1.76. The molecule has 0 aromatic carbocycles. The van der Waals surface area contributed by atoms with Gasteiger partial charge in [0.2, 0.25) is 0 Å². The van der Waals surface area contributed by atoms with Crippen LogP contribution in [0.3, 0.4) is 0 Å². The highest BCUT2D eigenvalue weighted by Gasteiger charge is 2.40. The second-order valence-electron chi connectivity index (χ2n) is 5.21. The zero-order valence-electron chi connectivity index (χ0n) is 11.1. The van der Waals surface area contributed by atoms with Gasteiger partial charge in [0.25, 0.3) is 0 Å². The highest BCUT2D eigenvalue weighted by molar-refractivity contribution is 4.98. The van der Waals surface area contributed by atoms with Crippen molar-refractivity contribution in [1.29, 1.82) is 0 Å². The molecule has 0 aliphatic heterocycles. The third-order valence-electron chi connectivity index (χ3n) is 3.81. The first-order chi connectivity index (χ1) is 8.32. The van der Waals surface area contributed by atoms with E-state index in [9.17, 15) is 18.3 Å². The molecule has 3 nitrogen and oxygen atoms in total. The molecule has 108 valence electrons. The highest BCUT2D eigenvalue weighted by Crippen LogP contribution is 2.33. The van der Waals surface area contributed by atoms with Crippen molar-refractivity contribution >= 4 is 0 Å². The number of aliphatic hydroxyl groups excluding tert-OH is 1. The van der Waals surface area contributed by atoms with E-state index in [1.807, 2.05) is 6.92 Å². The summed E-state index contributed by atoms with van der Waals surface area (Å²) < 4.78 is 36.5. The number of nitrogens with one attached hydrogen (secondary N) is 1. The molecular formula is C12H23F3N2O. The molecule has 18 heavy (non-hydrogen) atoms. The monoisotopic (exact) mass is 268 g/mol. The lowest BCUT2D eigenvalue weighted by molar-refractivity contribution is -0.138. The Morgan fingerprint density at radius 2 is 2.11 bits per heavy atom. The van der Waals surface area contributed by atoms with E-state index in [0.29, 0.717) is 6.42 Å². The normalized spacial score (nSPS) is 29.2. The lowest BCUT2D eigenvalue weighted by Gasteiger charge is -2.30. The molecule has 0 saturated heterocycles. The number of halogens is 3. The molecule has 0 spiro atoms. The predicted molar refractivity (Wildman–Crippen MR) is 64.4 cm³/mol. The van der Waals surface area contributed by atoms with Crippen molar-refractivity contribution in [3.8, 4) is 0 Å². The fraction of sp³-hybridized carbons (Fsp3) is 1.00. The number of hydrogen-bond donors (Lipinski definition) is 2. The molecule has 1 saturated carbocycles. The van der Waals surface area contributed by atoms with Gasteiger partial charge >= 0.3 is 6.18 Å². The van der Waals surface area contributed by atoms with Crippen LogP contribution in [0.25, 0.3) is 0 Å². The average Bonchev–Trinajstić information content (AvgIpc) is 2.70. The molecule has 1 fully saturated rings. The lowest BCUT2D eigenvalue weighted by atomic mass is 9.98. The van der Waals surface area contributed by atoms with E-state index < -0.39 is 12.6 Å². The zero-order valence-corrected chi connectivity index (χ0v) is 11.1. The van der Waals surface area contributed by atoms with Gasteiger partial charge in [0.05, 0.1) is 13.0 Å². The first kappa shape index (κ1) is 15.7. The number of alkyl halides is 3. The van der Waals surface area contributed by atoms with Gasteiger partial charge in [0, 0.05) is 18.1 Å². The fourth-order valence-corrected chi connectivity index (χ4v) is 2.70. The second kappa shape index (κ2) is 6.21. The first-order valence-corrected chi connectivity index (χ1v) is 6.45. The number of aliphatic hydroxyl groups is 1. The summed E-state index contributed by atoms with van der Waals surface area (Å²) in [5.74, 6) is 0. The maximum atomic E-state index is 12.2. The molecule has 0 aromatic heterocycles. The van der Waals surface area contributed by atoms with E-state index in [1.165, 1.54) is 0 Å². The summed E-state index contributed by atoms with van der Waals surface area (Å²) in [7, 11) is 1.73. The van der Waals surface area contributed by atoms with Crippen LogP contribution in [0.4, 0.5) is 13.2 Å². The van der Waals surface area contributed by atoms with Crippen LogP contribution in [0.15, 0.2) is 0 Å². The Labute approximate surface area is 106 Å². The topological polar surface area (TPSA) is 35.5 Å². The summed E-state index contributed by atoms with van der Waals surface area (Å²) in [4.78, 5) is 1.77. The van der Waals surface area contributed by atoms with Gasteiger partial charge in [-0.3, -0.25) is 0 Å². The Morgan fingerprint density at radius 1 is 1.44 bits per heavy atom. The molecule has 2 atom stereocenters. The van der Waals surface area contributed by atoms with Gasteiger partial charge in [-0.15, -0.1) is 0 Å². The summed E-state index contributed by atoms with van der Waals surface area (Å²) >= 11 is 0. The van der Waals surface area contributed by atoms with E-state index in [2.05, 4.69) is 5.32 Å². The van der Waals surface area contributed by atoms with E-state index in [-0.39, 0.29) is 24.7 Å². The molecule has 2 N–H and O–H groups in total. The molecule has 2 unspecified atom stereocenters. The van der Waals surface area contributed by atoms with E-state index in [4.69, 9.17) is 0 Å². The van der Waals surface area contributed by atoms with Crippen molar-refractivity contribution in [3.63, 3.8) is 0 Å². The molecule has 0 bridgehead atoms. The number of rotatable bonds is 6. The number of nitrogens with zero attached hydrogens (tertiary/aromatic N) is 1. The summed E-state index contributed by atoms with van der Waals surface area (Å²) in [6.45, 7) is 2.81. The molecule has 6 heteroatoms. The Kier molecular flexibility index (Phi) is 5.43. The Hall–Kier alpha value is -0.330. The van der Waals surface area contributed by atoms with Crippen LogP contribution in [0.2, 0.25) is 0 Å². The molecule has 1 aliphatic carbocycles. The van der Waals surface area contributed by atoms with Crippen LogP contribution in [-0.4, -0.2) is 54.5 Å². The van der Waals surface area contributed by atoms with Gasteiger partial charge in [-0.25, -0.2) is 0 Å². The maximum Gasteiger partial charge on any atom is 0.390 e. The molecular weight excluding hydrogens is 245 g/mol. The third kappa shape index (κ3) is 4.40. The summed E-state index contributed by atoms with van der Waals surface area (Å²) in [6, 6.07) is 0.124. The quantitative estimate of drug-likeness (QED) is 0.770. The standard InChI is InChI=1S/C12H23F3N2O/c1-3-16-11(9-18)5-4-10(8-11)17(2)7-6-12(13,14)15/h10,16,18H,3-9H2,1-2H3. The second-order valence-corrected chi connectivity index (χ2v) is 5.21. The number of hydrogen-bond acceptors (Lipinski definition) is 3. The van der Waals surface area contributed by atoms with E-state index >= 15 is 0 Å². The Morgan fingerprint density at radius 3 is 2.61 bits per heavy atom. The molecule has 1 rings (SSSR count). The summed E-state index contributed by atoms with van der Waals surface area (Å²) in [6.07, 6.45) is -2.50.